The third kappa shape index (κ3) is 7.38. The van der Waals surface area contributed by atoms with Crippen LogP contribution in [0.1, 0.15) is 65.1 Å². The van der Waals surface area contributed by atoms with Crippen molar-refractivity contribution >= 4 is 42.3 Å². The Hall–Kier alpha value is -1.59. The number of morpholine rings is 1. The minimum atomic E-state index is -3.04. The molecule has 8 nitrogen and oxygen atoms in total. The van der Waals surface area contributed by atoms with Crippen molar-refractivity contribution in [3.63, 3.8) is 0 Å². The van der Waals surface area contributed by atoms with Crippen LogP contribution in [-0.2, 0) is 25.7 Å². The highest BCUT2D eigenvalue weighted by Gasteiger charge is 2.42. The van der Waals surface area contributed by atoms with E-state index in [0.717, 1.165) is 12.0 Å². The fraction of sp³-hybridized carbons (Fsp3) is 0.741. The molecule has 0 spiro atoms. The van der Waals surface area contributed by atoms with Crippen molar-refractivity contribution in [1.82, 2.24) is 20.1 Å². The zero-order chi connectivity index (χ0) is 27.0. The number of fused-ring (bicyclic) bond motifs is 1. The van der Waals surface area contributed by atoms with Crippen LogP contribution in [-0.4, -0.2) is 90.7 Å². The van der Waals surface area contributed by atoms with E-state index < -0.39 is 5.92 Å². The van der Waals surface area contributed by atoms with E-state index in [1.165, 1.54) is 12.3 Å². The van der Waals surface area contributed by atoms with Crippen molar-refractivity contribution < 1.29 is 23.1 Å². The van der Waals surface area contributed by atoms with Gasteiger partial charge in [-0.2, -0.15) is 8.78 Å². The monoisotopic (exact) mass is 593 g/mol. The smallest absolute Gasteiger partial charge is 0.289 e. The van der Waals surface area contributed by atoms with E-state index >= 15 is 0 Å². The lowest BCUT2D eigenvalue weighted by molar-refractivity contribution is -0.150. The molecule has 2 fully saturated rings. The van der Waals surface area contributed by atoms with E-state index in [4.69, 9.17) is 4.74 Å². The molecular weight excluding hydrogens is 551 g/mol. The maximum absolute atomic E-state index is 14.7. The lowest BCUT2D eigenvalue weighted by Crippen LogP contribution is -2.62. The number of rotatable bonds is 8. The van der Waals surface area contributed by atoms with Crippen molar-refractivity contribution in [2.75, 3.05) is 50.8 Å². The predicted molar refractivity (Wildman–Crippen MR) is 152 cm³/mol. The van der Waals surface area contributed by atoms with E-state index in [2.05, 4.69) is 22.1 Å². The number of pyridine rings is 1. The van der Waals surface area contributed by atoms with Gasteiger partial charge in [-0.15, -0.1) is 24.8 Å². The van der Waals surface area contributed by atoms with Crippen molar-refractivity contribution in [3.05, 3.63) is 23.5 Å². The standard InChI is InChI=1S/C27H41F2N5O3.2ClH/c1-6-8-27(28,29)23-9-22-21(11-31-23)26(4,5)17-34(22)24(35)15-32-12-18(3)30-10-19(32)13-33-14-20(7-2)37-16-25(33)36;;/h9,11,18-20,30H,6-8,10,12-17H2,1-5H3;2*1H/t18-,19-,20?;;/m1../s1. The number of amides is 2. The summed E-state index contributed by atoms with van der Waals surface area (Å²) in [6.45, 7) is 12.9. The van der Waals surface area contributed by atoms with Crippen LogP contribution in [0.5, 0.6) is 0 Å². The molecule has 1 aromatic heterocycles. The predicted octanol–water partition coefficient (Wildman–Crippen LogP) is 3.74. The third-order valence-corrected chi connectivity index (χ3v) is 7.87. The molecule has 3 atom stereocenters. The van der Waals surface area contributed by atoms with Gasteiger partial charge in [0, 0.05) is 68.4 Å². The van der Waals surface area contributed by atoms with Crippen LogP contribution >= 0.6 is 24.8 Å². The fourth-order valence-corrected chi connectivity index (χ4v) is 5.64. The quantitative estimate of drug-likeness (QED) is 0.495. The van der Waals surface area contributed by atoms with Gasteiger partial charge in [0.1, 0.15) is 12.3 Å². The number of piperazine rings is 1. The maximum Gasteiger partial charge on any atom is 0.289 e. The highest BCUT2D eigenvalue weighted by molar-refractivity contribution is 5.97. The minimum absolute atomic E-state index is 0. The second-order valence-corrected chi connectivity index (χ2v) is 11.4. The highest BCUT2D eigenvalue weighted by atomic mass is 35.5. The molecule has 222 valence electrons. The van der Waals surface area contributed by atoms with E-state index in [0.29, 0.717) is 44.8 Å². The number of carbonyl (C=O) groups is 2. The van der Waals surface area contributed by atoms with Gasteiger partial charge in [0.15, 0.2) is 0 Å². The number of alkyl halides is 2. The second-order valence-electron chi connectivity index (χ2n) is 11.4. The lowest BCUT2D eigenvalue weighted by Gasteiger charge is -2.43. The first-order chi connectivity index (χ1) is 17.4. The van der Waals surface area contributed by atoms with E-state index in [-0.39, 0.29) is 85.5 Å². The topological polar surface area (TPSA) is 78.0 Å². The van der Waals surface area contributed by atoms with Crippen LogP contribution in [0, 0.1) is 0 Å². The van der Waals surface area contributed by atoms with Gasteiger partial charge in [0.25, 0.3) is 5.92 Å². The Morgan fingerprint density at radius 2 is 1.97 bits per heavy atom. The molecule has 2 saturated heterocycles. The van der Waals surface area contributed by atoms with Crippen molar-refractivity contribution in [1.29, 1.82) is 0 Å². The van der Waals surface area contributed by atoms with Gasteiger partial charge in [0.05, 0.1) is 18.3 Å². The molecule has 1 aromatic rings. The zero-order valence-corrected chi connectivity index (χ0v) is 25.2. The van der Waals surface area contributed by atoms with Crippen LogP contribution in [0.2, 0.25) is 0 Å². The molecule has 4 rings (SSSR count). The summed E-state index contributed by atoms with van der Waals surface area (Å²) in [5.41, 5.74) is 0.673. The Labute approximate surface area is 243 Å². The molecule has 1 N–H and O–H groups in total. The molecule has 12 heteroatoms. The molecule has 0 radical (unpaired) electrons. The summed E-state index contributed by atoms with van der Waals surface area (Å²) in [5, 5.41) is 3.47. The third-order valence-electron chi connectivity index (χ3n) is 7.87. The summed E-state index contributed by atoms with van der Waals surface area (Å²) in [6.07, 6.45) is 2.44. The van der Waals surface area contributed by atoms with Crippen molar-refractivity contribution in [3.8, 4) is 0 Å². The number of halogens is 4. The molecule has 2 amide bonds. The summed E-state index contributed by atoms with van der Waals surface area (Å²) in [4.78, 5) is 36.0. The largest absolute Gasteiger partial charge is 0.367 e. The number of hydrogen-bond acceptors (Lipinski definition) is 6. The first kappa shape index (κ1) is 33.6. The summed E-state index contributed by atoms with van der Waals surface area (Å²) in [6, 6.07) is 1.57. The lowest BCUT2D eigenvalue weighted by atomic mass is 9.88. The molecule has 3 aliphatic rings. The molecule has 0 aromatic carbocycles. The summed E-state index contributed by atoms with van der Waals surface area (Å²) >= 11 is 0. The van der Waals surface area contributed by atoms with E-state index in [9.17, 15) is 18.4 Å². The Morgan fingerprint density at radius 3 is 2.64 bits per heavy atom. The second kappa shape index (κ2) is 13.4. The number of nitrogens with zero attached hydrogens (tertiary/aromatic N) is 4. The average Bonchev–Trinajstić information content (AvgIpc) is 3.12. The van der Waals surface area contributed by atoms with Gasteiger partial charge in [0.2, 0.25) is 11.8 Å². The van der Waals surface area contributed by atoms with Crippen LogP contribution in [0.25, 0.3) is 0 Å². The average molecular weight is 595 g/mol. The Balaban J connectivity index is 0.00000267. The highest BCUT2D eigenvalue weighted by Crippen LogP contribution is 2.43. The summed E-state index contributed by atoms with van der Waals surface area (Å²) in [7, 11) is 0. The molecule has 3 aliphatic heterocycles. The minimum Gasteiger partial charge on any atom is -0.367 e. The number of nitrogens with one attached hydrogen (secondary N) is 1. The van der Waals surface area contributed by atoms with Gasteiger partial charge in [-0.3, -0.25) is 19.5 Å². The molecule has 0 saturated carbocycles. The molecule has 0 aliphatic carbocycles. The van der Waals surface area contributed by atoms with Crippen LogP contribution in [0.15, 0.2) is 12.3 Å². The maximum atomic E-state index is 14.7. The number of ether oxygens (including phenoxy) is 1. The molecule has 1 unspecified atom stereocenters. The molecular formula is C27H43Cl2F2N5O3. The Bertz CT molecular complexity index is 1020. The Kier molecular flexibility index (Phi) is 11.5. The first-order valence-electron chi connectivity index (χ1n) is 13.5. The van der Waals surface area contributed by atoms with Crippen LogP contribution in [0.4, 0.5) is 14.5 Å². The number of hydrogen-bond donors (Lipinski definition) is 1. The summed E-state index contributed by atoms with van der Waals surface area (Å²) < 4.78 is 35.0. The van der Waals surface area contributed by atoms with Gasteiger partial charge in [-0.1, -0.05) is 34.1 Å². The molecule has 39 heavy (non-hydrogen) atoms. The SMILES string of the molecule is CCCC(F)(F)c1cc2c(cn1)C(C)(C)CN2C(=O)CN1C[C@@H](C)NC[C@@H]1CN1CC(CC)OCC1=O.Cl.Cl. The molecule has 0 bridgehead atoms. The van der Waals surface area contributed by atoms with Gasteiger partial charge >= 0.3 is 0 Å². The van der Waals surface area contributed by atoms with Crippen LogP contribution < -0.4 is 10.2 Å². The summed E-state index contributed by atoms with van der Waals surface area (Å²) in [5.74, 6) is -3.19. The number of anilines is 1. The molecule has 4 heterocycles. The van der Waals surface area contributed by atoms with Gasteiger partial charge < -0.3 is 19.9 Å². The van der Waals surface area contributed by atoms with Crippen molar-refractivity contribution in [2.24, 2.45) is 0 Å². The number of carbonyl (C=O) groups excluding carboxylic acids is 2. The van der Waals surface area contributed by atoms with Gasteiger partial charge in [-0.05, 0) is 19.4 Å². The van der Waals surface area contributed by atoms with Gasteiger partial charge in [-0.25, -0.2) is 0 Å². The normalized spacial score (nSPS) is 25.1. The number of aromatic nitrogens is 1. The fourth-order valence-electron chi connectivity index (χ4n) is 5.64. The van der Waals surface area contributed by atoms with Crippen molar-refractivity contribution in [2.45, 2.75) is 83.4 Å². The van der Waals surface area contributed by atoms with E-state index in [1.54, 1.807) is 11.8 Å². The van der Waals surface area contributed by atoms with E-state index in [1.807, 2.05) is 25.7 Å². The van der Waals surface area contributed by atoms with Crippen LogP contribution in [0.3, 0.4) is 0 Å². The zero-order valence-electron chi connectivity index (χ0n) is 23.5. The first-order valence-corrected chi connectivity index (χ1v) is 13.5. The Morgan fingerprint density at radius 1 is 1.26 bits per heavy atom.